The number of thioether (sulfide) groups is 3. The number of hydrogen-bond acceptors (Lipinski definition) is 26. The molecule has 10 unspecified atom stereocenters. The van der Waals surface area contributed by atoms with E-state index in [1.165, 1.54) is 73.7 Å². The number of carbonyl (C=O) groups excluding carboxylic acids is 6. The molecule has 12 rings (SSSR count). The minimum absolute atomic E-state index is 0.0132. The number of nitrogens with zero attached hydrogens (tertiary/aromatic N) is 6. The van der Waals surface area contributed by atoms with Crippen molar-refractivity contribution in [2.24, 2.45) is 23.7 Å². The molecule has 12 aliphatic heterocycles. The van der Waals surface area contributed by atoms with E-state index in [2.05, 4.69) is 31.9 Å². The molecule has 0 saturated carbocycles. The van der Waals surface area contributed by atoms with Crippen LogP contribution in [-0.2, 0) is 81.6 Å². The molecule has 0 aliphatic carbocycles. The first-order valence-corrected chi connectivity index (χ1v) is 45.2. The van der Waals surface area contributed by atoms with E-state index in [-0.39, 0.29) is 94.9 Å². The first kappa shape index (κ1) is 88.5. The van der Waals surface area contributed by atoms with E-state index in [0.29, 0.717) is 154 Å². The van der Waals surface area contributed by atoms with Crippen molar-refractivity contribution < 1.29 is 78.8 Å². The molecule has 0 aromatic carbocycles. The van der Waals surface area contributed by atoms with Crippen LogP contribution in [0.2, 0.25) is 0 Å². The first-order chi connectivity index (χ1) is 50.3. The standard InChI is InChI=1S/C12H22N2O3.3C12H22N2O2S.2C11H20N2O4S/c1-13-11-9-17-7-4-14(12(11)15)8-10-2-5-16-6-3-10;1-13-11-9-16-5-4-14(12(11)15)8-10-2-6-17-7-3-10;1-13-11-8-16-5-4-14(12(11)15)7-10-3-2-6-17-9-10;1-13-11-9-16-6-5-14(12(11)15)8-10-4-2-3-7-17-10;1-12-10-7-17-4-3-13(11(10)14)6-9-2-5-18(15,16)8-9;1-12-10-8-17-5-4-13(11(10)14)7-9-3-2-6-18(9,15)16/h4*10-11,13H,2-9H2,1H3;2*9-10,12H,2-8H2,1H3. The Morgan fingerprint density at radius 2 is 0.731 bits per heavy atom. The molecule has 0 bridgehead atoms. The normalized spacial score (nSPS) is 30.7. The minimum Gasteiger partial charge on any atom is -0.381 e. The SMILES string of the molecule is CNC1COCCN(CC2CCCCS2)C1=O.CNC1COCCN(CC2CCCS2(=O)=O)C1=O.CNC1COCCN(CC2CCCSC2)C1=O.CNC1COCCN(CC2CCOCC2)C1=O.CNC1COCCN(CC2CCS(=O)(=O)C2)C1=O.CNC1COCCN(CC2CCSCC2)C1=O. The molecule has 6 amide bonds. The maximum absolute atomic E-state index is 12.2. The molecule has 6 N–H and O–H groups in total. The fraction of sp³-hybridized carbons (Fsp3) is 0.914. The summed E-state index contributed by atoms with van der Waals surface area (Å²) >= 11 is 6.07. The average Bonchev–Trinajstić information content (AvgIpc) is 1.67. The number of rotatable bonds is 18. The molecule has 104 heavy (non-hydrogen) atoms. The molecule has 10 atom stereocenters. The monoisotopic (exact) mass is 1570 g/mol. The molecule has 600 valence electrons. The lowest BCUT2D eigenvalue weighted by atomic mass is 9.99. The lowest BCUT2D eigenvalue weighted by Gasteiger charge is -2.30. The summed E-state index contributed by atoms with van der Waals surface area (Å²) in [5, 5.41) is 18.2. The Kier molecular flexibility index (Phi) is 40.9. The summed E-state index contributed by atoms with van der Waals surface area (Å²) in [6, 6.07) is -1.34. The van der Waals surface area contributed by atoms with Gasteiger partial charge in [-0.15, -0.1) is 0 Å². The van der Waals surface area contributed by atoms with Gasteiger partial charge in [-0.25, -0.2) is 16.8 Å². The number of carbonyl (C=O) groups is 6. The highest BCUT2D eigenvalue weighted by Crippen LogP contribution is 2.29. The number of hydrogen-bond donors (Lipinski definition) is 6. The van der Waals surface area contributed by atoms with Gasteiger partial charge in [-0.1, -0.05) is 6.42 Å². The van der Waals surface area contributed by atoms with Crippen molar-refractivity contribution in [3.05, 3.63) is 0 Å². The third-order valence-electron chi connectivity index (χ3n) is 21.3. The summed E-state index contributed by atoms with van der Waals surface area (Å²) < 4.78 is 84.3. The van der Waals surface area contributed by atoms with Gasteiger partial charge in [0.1, 0.15) is 36.3 Å². The van der Waals surface area contributed by atoms with E-state index in [4.69, 9.17) is 33.2 Å². The fourth-order valence-electron chi connectivity index (χ4n) is 14.6. The molecule has 12 heterocycles. The molecule has 12 fully saturated rings. The van der Waals surface area contributed by atoms with Gasteiger partial charge in [0.25, 0.3) is 0 Å². The van der Waals surface area contributed by atoms with Crippen LogP contribution in [-0.4, -0.2) is 388 Å². The molecule has 12 aliphatic rings. The Bertz CT molecular complexity index is 2570. The summed E-state index contributed by atoms with van der Waals surface area (Å²) in [5.74, 6) is 9.74. The summed E-state index contributed by atoms with van der Waals surface area (Å²) in [5.41, 5.74) is 0. The second-order valence-electron chi connectivity index (χ2n) is 28.8. The molecule has 0 radical (unpaired) electrons. The van der Waals surface area contributed by atoms with Crippen molar-refractivity contribution in [3.63, 3.8) is 0 Å². The van der Waals surface area contributed by atoms with Crippen LogP contribution in [0.1, 0.15) is 77.0 Å². The highest BCUT2D eigenvalue weighted by atomic mass is 32.2. The van der Waals surface area contributed by atoms with Crippen LogP contribution in [0.4, 0.5) is 0 Å². The minimum atomic E-state index is -3.00. The van der Waals surface area contributed by atoms with Crippen molar-refractivity contribution in [3.8, 4) is 0 Å². The van der Waals surface area contributed by atoms with Crippen molar-refractivity contribution >= 4 is 90.4 Å². The average molecular weight is 1570 g/mol. The van der Waals surface area contributed by atoms with Gasteiger partial charge >= 0.3 is 0 Å². The Labute approximate surface area is 633 Å². The number of nitrogens with one attached hydrogen (secondary N) is 6. The second-order valence-corrected chi connectivity index (χ2v) is 37.2. The van der Waals surface area contributed by atoms with E-state index >= 15 is 0 Å². The summed E-state index contributed by atoms with van der Waals surface area (Å²) in [4.78, 5) is 84.5. The Balaban J connectivity index is 0.000000175. The second kappa shape index (κ2) is 48.1. The highest BCUT2D eigenvalue weighted by Gasteiger charge is 2.38. The lowest BCUT2D eigenvalue weighted by molar-refractivity contribution is -0.134. The van der Waals surface area contributed by atoms with Crippen LogP contribution < -0.4 is 31.9 Å². The maximum atomic E-state index is 12.2. The predicted octanol–water partition coefficient (Wildman–Crippen LogP) is -0.390. The van der Waals surface area contributed by atoms with E-state index in [1.54, 1.807) is 23.9 Å². The molecular weight excluding hydrogens is 1440 g/mol. The Morgan fingerprint density at radius 1 is 0.346 bits per heavy atom. The lowest BCUT2D eigenvalue weighted by Crippen LogP contribution is -2.48. The molecule has 29 nitrogen and oxygen atoms in total. The topological polar surface area (TPSA) is 327 Å². The van der Waals surface area contributed by atoms with Crippen LogP contribution in [0.15, 0.2) is 0 Å². The van der Waals surface area contributed by atoms with Crippen molar-refractivity contribution in [2.75, 3.05) is 259 Å². The third-order valence-corrected chi connectivity index (χ3v) is 29.1. The Hall–Kier alpha value is -2.75. The van der Waals surface area contributed by atoms with E-state index in [9.17, 15) is 45.6 Å². The zero-order valence-electron chi connectivity index (χ0n) is 63.1. The maximum Gasteiger partial charge on any atom is 0.242 e. The van der Waals surface area contributed by atoms with Gasteiger partial charge in [0.15, 0.2) is 19.7 Å². The van der Waals surface area contributed by atoms with Crippen LogP contribution in [0.3, 0.4) is 0 Å². The van der Waals surface area contributed by atoms with Crippen molar-refractivity contribution in [1.29, 1.82) is 0 Å². The largest absolute Gasteiger partial charge is 0.381 e. The van der Waals surface area contributed by atoms with Crippen LogP contribution in [0.5, 0.6) is 0 Å². The van der Waals surface area contributed by atoms with Gasteiger partial charge in [-0.2, -0.15) is 35.3 Å². The van der Waals surface area contributed by atoms with Gasteiger partial charge in [0.2, 0.25) is 35.4 Å². The number of amides is 6. The van der Waals surface area contributed by atoms with E-state index < -0.39 is 24.9 Å². The number of likely N-dealkylation sites (N-methyl/N-ethyl adjacent to an activating group) is 6. The first-order valence-electron chi connectivity index (χ1n) is 38.3. The van der Waals surface area contributed by atoms with Crippen LogP contribution >= 0.6 is 35.3 Å². The van der Waals surface area contributed by atoms with Gasteiger partial charge in [0.05, 0.1) is 102 Å². The van der Waals surface area contributed by atoms with Crippen molar-refractivity contribution in [2.45, 2.75) is 124 Å². The van der Waals surface area contributed by atoms with Crippen LogP contribution in [0.25, 0.3) is 0 Å². The zero-order chi connectivity index (χ0) is 74.7. The summed E-state index contributed by atoms with van der Waals surface area (Å²) in [7, 11) is 4.85. The summed E-state index contributed by atoms with van der Waals surface area (Å²) in [6.07, 6.45) is 13.1. The predicted molar refractivity (Wildman–Crippen MR) is 409 cm³/mol. The zero-order valence-corrected chi connectivity index (χ0v) is 67.2. The fourth-order valence-corrected chi connectivity index (χ4v) is 21.9. The molecule has 34 heteroatoms. The van der Waals surface area contributed by atoms with Crippen LogP contribution in [0, 0.1) is 23.7 Å². The Morgan fingerprint density at radius 3 is 1.08 bits per heavy atom. The molecule has 0 aromatic rings. The van der Waals surface area contributed by atoms with Gasteiger partial charge in [0, 0.05) is 97.0 Å². The van der Waals surface area contributed by atoms with E-state index in [1.807, 2.05) is 83.1 Å². The highest BCUT2D eigenvalue weighted by molar-refractivity contribution is 8.00. The quantitative estimate of drug-likeness (QED) is 0.102. The van der Waals surface area contributed by atoms with Crippen molar-refractivity contribution in [1.82, 2.24) is 61.3 Å². The molecule has 0 aromatic heterocycles. The number of sulfone groups is 2. The molecule has 0 spiro atoms. The van der Waals surface area contributed by atoms with Gasteiger partial charge in [-0.05, 0) is 165 Å². The molecular formula is C70H128N12O17S5. The number of ether oxygens (including phenoxy) is 7. The van der Waals surface area contributed by atoms with Gasteiger partial charge in [-0.3, -0.25) is 28.8 Å². The summed E-state index contributed by atoms with van der Waals surface area (Å²) in [6.45, 7) is 16.4. The van der Waals surface area contributed by atoms with Gasteiger partial charge < -0.3 is 94.5 Å². The molecule has 12 saturated heterocycles. The van der Waals surface area contributed by atoms with E-state index in [0.717, 1.165) is 71.9 Å². The third kappa shape index (κ3) is 29.8. The smallest absolute Gasteiger partial charge is 0.242 e.